The average Bonchev–Trinajstić information content (AvgIpc) is 2.51. The number of nitrogens with zero attached hydrogens (tertiary/aromatic N) is 1. The van der Waals surface area contributed by atoms with E-state index in [0.717, 1.165) is 0 Å². The highest BCUT2D eigenvalue weighted by Gasteiger charge is 2.07. The third-order valence-corrected chi connectivity index (χ3v) is 5.12. The molecule has 0 aliphatic carbocycles. The lowest BCUT2D eigenvalue weighted by Crippen LogP contribution is -2.41. The van der Waals surface area contributed by atoms with Gasteiger partial charge in [-0.1, -0.05) is 0 Å². The van der Waals surface area contributed by atoms with Crippen LogP contribution in [0, 0.1) is 0 Å². The first-order valence-corrected chi connectivity index (χ1v) is 10.6. The number of thioether (sulfide) groups is 3. The largest absolute Gasteiger partial charge is 0.481 e. The molecular weight excluding hydrogens is 392 g/mol. The third kappa shape index (κ3) is 19.5. The van der Waals surface area contributed by atoms with Crippen LogP contribution in [0.5, 0.6) is 0 Å². The predicted octanol–water partition coefficient (Wildman–Crippen LogP) is -0.744. The quantitative estimate of drug-likeness (QED) is 0.123. The monoisotopic (exact) mass is 416 g/mol. The highest BCUT2D eigenvalue weighted by molar-refractivity contribution is 8.00. The molecule has 0 amide bonds. The Balaban J connectivity index is 3.74. The molecule has 0 aliphatic heterocycles. The van der Waals surface area contributed by atoms with Gasteiger partial charge in [0, 0.05) is 31.0 Å². The molecule has 0 radical (unpaired) electrons. The zero-order valence-electron chi connectivity index (χ0n) is 13.6. The number of nitrogens with one attached hydrogen (secondary N) is 3. The zero-order chi connectivity index (χ0) is 18.9. The molecule has 0 bridgehead atoms. The van der Waals surface area contributed by atoms with E-state index in [0.29, 0.717) is 37.6 Å². The van der Waals surface area contributed by atoms with E-state index in [4.69, 9.17) is 15.3 Å². The lowest BCUT2D eigenvalue weighted by atomic mass is 10.8. The molecule has 10 nitrogen and oxygen atoms in total. The van der Waals surface area contributed by atoms with E-state index in [9.17, 15) is 14.4 Å². The minimum atomic E-state index is -0.885. The van der Waals surface area contributed by atoms with Crippen LogP contribution in [0.4, 0.5) is 0 Å². The molecule has 0 unspecified atom stereocenters. The molecule has 6 N–H and O–H groups in total. The van der Waals surface area contributed by atoms with Crippen molar-refractivity contribution in [1.82, 2.24) is 20.9 Å². The fourth-order valence-corrected chi connectivity index (χ4v) is 3.42. The van der Waals surface area contributed by atoms with Crippen LogP contribution in [-0.4, -0.2) is 93.0 Å². The molecular formula is C12H24N4O6S3. The molecule has 0 saturated carbocycles. The first-order valence-electron chi connectivity index (χ1n) is 7.15. The van der Waals surface area contributed by atoms with Gasteiger partial charge in [-0.05, 0) is 0 Å². The van der Waals surface area contributed by atoms with Crippen molar-refractivity contribution < 1.29 is 29.7 Å². The normalized spacial score (nSPS) is 10.9. The maximum Gasteiger partial charge on any atom is 0.313 e. The Morgan fingerprint density at radius 2 is 1.20 bits per heavy atom. The van der Waals surface area contributed by atoms with E-state index in [-0.39, 0.29) is 17.3 Å². The van der Waals surface area contributed by atoms with E-state index in [1.807, 2.05) is 4.90 Å². The summed E-state index contributed by atoms with van der Waals surface area (Å²) in [5.41, 5.74) is 0. The summed E-state index contributed by atoms with van der Waals surface area (Å²) < 4.78 is 0. The van der Waals surface area contributed by atoms with Gasteiger partial charge in [-0.25, -0.2) is 0 Å². The molecule has 146 valence electrons. The number of aliphatic carboxylic acids is 3. The molecule has 0 rings (SSSR count). The van der Waals surface area contributed by atoms with Crippen LogP contribution >= 0.6 is 35.3 Å². The van der Waals surface area contributed by atoms with Crippen molar-refractivity contribution in [3.8, 4) is 0 Å². The molecule has 0 aromatic heterocycles. The van der Waals surface area contributed by atoms with Crippen molar-refractivity contribution in [2.45, 2.75) is 0 Å². The van der Waals surface area contributed by atoms with Gasteiger partial charge in [0.2, 0.25) is 0 Å². The zero-order valence-corrected chi connectivity index (χ0v) is 16.1. The lowest BCUT2D eigenvalue weighted by Gasteiger charge is -2.21. The number of rotatable bonds is 18. The van der Waals surface area contributed by atoms with Crippen LogP contribution < -0.4 is 16.0 Å². The minimum absolute atomic E-state index is 0.00369. The molecule has 0 atom stereocenters. The molecule has 0 aromatic rings. The SMILES string of the molecule is O=C(O)CSCNCNCNCN(CSCC(=O)O)CSCC(=O)O. The van der Waals surface area contributed by atoms with Crippen molar-refractivity contribution in [2.75, 3.05) is 54.9 Å². The minimum Gasteiger partial charge on any atom is -0.481 e. The standard InChI is InChI=1S/C12H24N4O6S3/c17-10(18)1-23-7-15-5-13-4-14-6-16(8-24-2-11(19)20)9-25-3-12(21)22/h13-15H,1-9H2,(H,17,18)(H,19,20)(H,21,22). The van der Waals surface area contributed by atoms with Gasteiger partial charge in [0.15, 0.2) is 0 Å². The molecule has 0 aromatic carbocycles. The van der Waals surface area contributed by atoms with E-state index in [1.54, 1.807) is 0 Å². The van der Waals surface area contributed by atoms with Gasteiger partial charge in [-0.3, -0.25) is 35.2 Å². The van der Waals surface area contributed by atoms with Crippen LogP contribution in [0.2, 0.25) is 0 Å². The molecule has 13 heteroatoms. The predicted molar refractivity (Wildman–Crippen MR) is 101 cm³/mol. The van der Waals surface area contributed by atoms with E-state index in [1.165, 1.54) is 35.3 Å². The fraction of sp³-hybridized carbons (Fsp3) is 0.750. The van der Waals surface area contributed by atoms with Crippen molar-refractivity contribution in [3.63, 3.8) is 0 Å². The van der Waals surface area contributed by atoms with Gasteiger partial charge in [-0.15, -0.1) is 35.3 Å². The summed E-state index contributed by atoms with van der Waals surface area (Å²) in [5, 5.41) is 35.0. The van der Waals surface area contributed by atoms with Crippen LogP contribution in [0.15, 0.2) is 0 Å². The highest BCUT2D eigenvalue weighted by Crippen LogP contribution is 2.08. The molecule has 0 spiro atoms. The van der Waals surface area contributed by atoms with Crippen molar-refractivity contribution >= 4 is 53.2 Å². The van der Waals surface area contributed by atoms with Gasteiger partial charge >= 0.3 is 17.9 Å². The summed E-state index contributed by atoms with van der Waals surface area (Å²) in [5.74, 6) is -1.07. The first-order chi connectivity index (χ1) is 11.9. The number of hydrogen-bond acceptors (Lipinski definition) is 10. The maximum absolute atomic E-state index is 10.5. The van der Waals surface area contributed by atoms with Crippen molar-refractivity contribution in [3.05, 3.63) is 0 Å². The third-order valence-electron chi connectivity index (χ3n) is 2.26. The fourth-order valence-electron chi connectivity index (χ4n) is 1.37. The Kier molecular flexibility index (Phi) is 16.3. The molecule has 0 heterocycles. The van der Waals surface area contributed by atoms with Gasteiger partial charge in [0.1, 0.15) is 0 Å². The van der Waals surface area contributed by atoms with E-state index in [2.05, 4.69) is 16.0 Å². The number of carboxylic acids is 3. The highest BCUT2D eigenvalue weighted by atomic mass is 32.2. The lowest BCUT2D eigenvalue weighted by molar-refractivity contribution is -0.134. The number of carbonyl (C=O) groups is 3. The molecule has 0 saturated heterocycles. The summed E-state index contributed by atoms with van der Waals surface area (Å²) in [6, 6.07) is 0. The van der Waals surface area contributed by atoms with Crippen molar-refractivity contribution in [2.24, 2.45) is 0 Å². The van der Waals surface area contributed by atoms with Gasteiger partial charge < -0.3 is 15.3 Å². The molecule has 0 fully saturated rings. The Morgan fingerprint density at radius 3 is 1.72 bits per heavy atom. The van der Waals surface area contributed by atoms with Crippen LogP contribution in [0.1, 0.15) is 0 Å². The Morgan fingerprint density at radius 1 is 0.720 bits per heavy atom. The van der Waals surface area contributed by atoms with E-state index >= 15 is 0 Å². The van der Waals surface area contributed by atoms with Gasteiger partial charge in [-0.2, -0.15) is 0 Å². The van der Waals surface area contributed by atoms with Crippen LogP contribution in [-0.2, 0) is 14.4 Å². The Bertz CT molecular complexity index is 385. The van der Waals surface area contributed by atoms with Crippen LogP contribution in [0.3, 0.4) is 0 Å². The molecule has 25 heavy (non-hydrogen) atoms. The molecule has 0 aliphatic rings. The smallest absolute Gasteiger partial charge is 0.313 e. The first kappa shape index (κ1) is 24.3. The Labute approximate surface area is 158 Å². The summed E-state index contributed by atoms with van der Waals surface area (Å²) in [6.45, 7) is 1.50. The van der Waals surface area contributed by atoms with Crippen LogP contribution in [0.25, 0.3) is 0 Å². The number of carboxylic acid groups (broad SMARTS) is 3. The summed E-state index contributed by atoms with van der Waals surface area (Å²) in [6.07, 6.45) is 0. The summed E-state index contributed by atoms with van der Waals surface area (Å²) in [7, 11) is 0. The second kappa shape index (κ2) is 16.8. The second-order valence-corrected chi connectivity index (χ2v) is 7.46. The van der Waals surface area contributed by atoms with Gasteiger partial charge in [0.05, 0.1) is 23.9 Å². The topological polar surface area (TPSA) is 151 Å². The summed E-state index contributed by atoms with van der Waals surface area (Å²) in [4.78, 5) is 33.3. The number of hydrogen-bond donors (Lipinski definition) is 6. The Hall–Kier alpha value is -0.700. The maximum atomic E-state index is 10.5. The average molecular weight is 417 g/mol. The van der Waals surface area contributed by atoms with Gasteiger partial charge in [0.25, 0.3) is 0 Å². The summed E-state index contributed by atoms with van der Waals surface area (Å²) >= 11 is 3.77. The second-order valence-electron chi connectivity index (χ2n) is 4.56. The van der Waals surface area contributed by atoms with Crippen molar-refractivity contribution in [1.29, 1.82) is 0 Å². The van der Waals surface area contributed by atoms with E-state index < -0.39 is 17.9 Å².